The summed E-state index contributed by atoms with van der Waals surface area (Å²) in [5.74, 6) is -0.589. The first-order chi connectivity index (χ1) is 13.6. The number of benzene rings is 2. The van der Waals surface area contributed by atoms with Gasteiger partial charge < -0.3 is 9.84 Å². The van der Waals surface area contributed by atoms with E-state index >= 15 is 0 Å². The Kier molecular flexibility index (Phi) is 6.54. The molecule has 0 aliphatic heterocycles. The van der Waals surface area contributed by atoms with Crippen LogP contribution in [0, 0.1) is 0 Å². The van der Waals surface area contributed by atoms with Crippen molar-refractivity contribution in [3.05, 3.63) is 82.9 Å². The minimum absolute atomic E-state index is 0.169. The molecule has 2 N–H and O–H groups in total. The zero-order chi connectivity index (χ0) is 19.8. The third kappa shape index (κ3) is 6.07. The maximum Gasteiger partial charge on any atom is 0.309 e. The first-order valence-electron chi connectivity index (χ1n) is 8.50. The number of anilines is 1. The van der Waals surface area contributed by atoms with Crippen LogP contribution in [0.25, 0.3) is 6.08 Å². The molecule has 3 aromatic rings. The molecule has 0 bridgehead atoms. The summed E-state index contributed by atoms with van der Waals surface area (Å²) in [6, 6.07) is 17.3. The lowest BCUT2D eigenvalue weighted by molar-refractivity contribution is -0.136. The monoisotopic (exact) mass is 394 g/mol. The number of carboxylic acids is 1. The van der Waals surface area contributed by atoms with Gasteiger partial charge in [-0.1, -0.05) is 42.5 Å². The summed E-state index contributed by atoms with van der Waals surface area (Å²) in [5.41, 5.74) is 2.32. The van der Waals surface area contributed by atoms with Crippen LogP contribution in [0.3, 0.4) is 0 Å². The molecule has 1 heterocycles. The Morgan fingerprint density at radius 3 is 2.75 bits per heavy atom. The van der Waals surface area contributed by atoms with Gasteiger partial charge in [0.25, 0.3) is 0 Å². The molecule has 0 aliphatic carbocycles. The number of ether oxygens (including phenoxy) is 1. The van der Waals surface area contributed by atoms with Gasteiger partial charge in [0.15, 0.2) is 5.13 Å². The number of carboxylic acid groups (broad SMARTS) is 1. The topological polar surface area (TPSA) is 88.5 Å². The fraction of sp³-hybridized carbons (Fsp3) is 0.0952. The van der Waals surface area contributed by atoms with Crippen LogP contribution >= 0.6 is 11.3 Å². The van der Waals surface area contributed by atoms with E-state index in [4.69, 9.17) is 9.84 Å². The van der Waals surface area contributed by atoms with Gasteiger partial charge in [-0.05, 0) is 29.3 Å². The second-order valence-electron chi connectivity index (χ2n) is 5.88. The van der Waals surface area contributed by atoms with E-state index in [0.29, 0.717) is 23.2 Å². The van der Waals surface area contributed by atoms with Crippen molar-refractivity contribution in [3.8, 4) is 5.75 Å². The van der Waals surface area contributed by atoms with Gasteiger partial charge in [0.1, 0.15) is 12.4 Å². The van der Waals surface area contributed by atoms with E-state index in [1.165, 1.54) is 17.4 Å². The lowest BCUT2D eigenvalue weighted by Crippen LogP contribution is -2.08. The van der Waals surface area contributed by atoms with E-state index in [0.717, 1.165) is 11.1 Å². The molecule has 1 amide bonds. The number of hydrogen-bond donors (Lipinski definition) is 2. The molecule has 3 rings (SSSR count). The standard InChI is InChI=1S/C21H18N2O4S/c24-19(23-21-22-17(14-28-21)12-20(25)26)10-9-15-7-4-8-18(11-15)27-13-16-5-2-1-3-6-16/h1-11,14H,12-13H2,(H,25,26)(H,22,23,24)/b10-9+. The van der Waals surface area contributed by atoms with E-state index in [9.17, 15) is 9.59 Å². The molecule has 1 aromatic heterocycles. The molecular weight excluding hydrogens is 376 g/mol. The molecule has 2 aromatic carbocycles. The number of thiazole rings is 1. The number of aromatic nitrogens is 1. The third-order valence-electron chi connectivity index (χ3n) is 3.65. The zero-order valence-electron chi connectivity index (χ0n) is 14.9. The van der Waals surface area contributed by atoms with E-state index in [-0.39, 0.29) is 12.3 Å². The second kappa shape index (κ2) is 9.48. The number of aliphatic carboxylic acids is 1. The molecule has 0 unspecified atom stereocenters. The summed E-state index contributed by atoms with van der Waals surface area (Å²) >= 11 is 1.19. The Morgan fingerprint density at radius 1 is 1.14 bits per heavy atom. The lowest BCUT2D eigenvalue weighted by atomic mass is 10.2. The van der Waals surface area contributed by atoms with Crippen LogP contribution in [0.1, 0.15) is 16.8 Å². The van der Waals surface area contributed by atoms with Gasteiger partial charge in [0.05, 0.1) is 12.1 Å². The van der Waals surface area contributed by atoms with Crippen LogP contribution in [0.2, 0.25) is 0 Å². The zero-order valence-corrected chi connectivity index (χ0v) is 15.7. The number of nitrogens with zero attached hydrogens (tertiary/aromatic N) is 1. The lowest BCUT2D eigenvalue weighted by Gasteiger charge is -2.06. The molecule has 0 saturated heterocycles. The fourth-order valence-electron chi connectivity index (χ4n) is 2.37. The highest BCUT2D eigenvalue weighted by molar-refractivity contribution is 7.14. The predicted molar refractivity (Wildman–Crippen MR) is 108 cm³/mol. The highest BCUT2D eigenvalue weighted by atomic mass is 32.1. The Balaban J connectivity index is 1.55. The van der Waals surface area contributed by atoms with Gasteiger partial charge in [-0.15, -0.1) is 11.3 Å². The molecule has 28 heavy (non-hydrogen) atoms. The second-order valence-corrected chi connectivity index (χ2v) is 6.74. The smallest absolute Gasteiger partial charge is 0.309 e. The predicted octanol–water partition coefficient (Wildman–Crippen LogP) is 4.00. The molecule has 7 heteroatoms. The quantitative estimate of drug-likeness (QED) is 0.564. The first-order valence-corrected chi connectivity index (χ1v) is 9.38. The molecule has 0 saturated carbocycles. The van der Waals surface area contributed by atoms with Crippen molar-refractivity contribution in [2.24, 2.45) is 0 Å². The Bertz CT molecular complexity index is 983. The van der Waals surface area contributed by atoms with Crippen molar-refractivity contribution in [3.63, 3.8) is 0 Å². The molecule has 0 aliphatic rings. The number of hydrogen-bond acceptors (Lipinski definition) is 5. The minimum atomic E-state index is -0.961. The Morgan fingerprint density at radius 2 is 1.96 bits per heavy atom. The van der Waals surface area contributed by atoms with Crippen molar-refractivity contribution >= 4 is 34.4 Å². The summed E-state index contributed by atoms with van der Waals surface area (Å²) in [5, 5.41) is 13.4. The van der Waals surface area contributed by atoms with E-state index in [2.05, 4.69) is 10.3 Å². The van der Waals surface area contributed by atoms with Gasteiger partial charge in [-0.2, -0.15) is 0 Å². The molecule has 6 nitrogen and oxygen atoms in total. The fourth-order valence-corrected chi connectivity index (χ4v) is 3.08. The summed E-state index contributed by atoms with van der Waals surface area (Å²) in [7, 11) is 0. The summed E-state index contributed by atoms with van der Waals surface area (Å²) in [4.78, 5) is 26.8. The highest BCUT2D eigenvalue weighted by Gasteiger charge is 2.07. The molecule has 0 spiro atoms. The van der Waals surface area contributed by atoms with Crippen LogP contribution in [0.15, 0.2) is 66.1 Å². The highest BCUT2D eigenvalue weighted by Crippen LogP contribution is 2.18. The van der Waals surface area contributed by atoms with Gasteiger partial charge in [-0.3, -0.25) is 14.9 Å². The number of carbonyl (C=O) groups is 2. The number of rotatable bonds is 8. The molecule has 142 valence electrons. The first kappa shape index (κ1) is 19.3. The van der Waals surface area contributed by atoms with Crippen molar-refractivity contribution in [2.75, 3.05) is 5.32 Å². The third-order valence-corrected chi connectivity index (χ3v) is 4.45. The maximum absolute atomic E-state index is 12.0. The van der Waals surface area contributed by atoms with Gasteiger partial charge in [0, 0.05) is 11.5 Å². The van der Waals surface area contributed by atoms with E-state index < -0.39 is 5.97 Å². The number of nitrogens with one attached hydrogen (secondary N) is 1. The van der Waals surface area contributed by atoms with Crippen molar-refractivity contribution in [1.82, 2.24) is 4.98 Å². The van der Waals surface area contributed by atoms with Gasteiger partial charge >= 0.3 is 5.97 Å². The summed E-state index contributed by atoms with van der Waals surface area (Å²) in [6.45, 7) is 0.469. The number of carbonyl (C=O) groups excluding carboxylic acids is 1. The Hall–Kier alpha value is -3.45. The Labute approximate surface area is 166 Å². The van der Waals surface area contributed by atoms with Crippen molar-refractivity contribution < 1.29 is 19.4 Å². The SMILES string of the molecule is O=C(O)Cc1csc(NC(=O)/C=C/c2cccc(OCc3ccccc3)c2)n1. The number of amides is 1. The van der Waals surface area contributed by atoms with Crippen LogP contribution < -0.4 is 10.1 Å². The molecule has 0 fully saturated rings. The molecule has 0 atom stereocenters. The minimum Gasteiger partial charge on any atom is -0.489 e. The summed E-state index contributed by atoms with van der Waals surface area (Å²) < 4.78 is 5.78. The van der Waals surface area contributed by atoms with Crippen LogP contribution in [0.4, 0.5) is 5.13 Å². The summed E-state index contributed by atoms with van der Waals surface area (Å²) in [6.07, 6.45) is 2.91. The van der Waals surface area contributed by atoms with Gasteiger partial charge in [0.2, 0.25) is 5.91 Å². The van der Waals surface area contributed by atoms with E-state index in [1.807, 2.05) is 54.6 Å². The van der Waals surface area contributed by atoms with Crippen LogP contribution in [-0.4, -0.2) is 22.0 Å². The molecular formula is C21H18N2O4S. The van der Waals surface area contributed by atoms with E-state index in [1.54, 1.807) is 11.5 Å². The van der Waals surface area contributed by atoms with Crippen LogP contribution in [-0.2, 0) is 22.6 Å². The molecule has 0 radical (unpaired) electrons. The average Bonchev–Trinajstić information content (AvgIpc) is 3.12. The van der Waals surface area contributed by atoms with Crippen molar-refractivity contribution in [1.29, 1.82) is 0 Å². The normalized spacial score (nSPS) is 10.7. The van der Waals surface area contributed by atoms with Crippen molar-refractivity contribution in [2.45, 2.75) is 13.0 Å². The maximum atomic E-state index is 12.0. The van der Waals surface area contributed by atoms with Gasteiger partial charge in [-0.25, -0.2) is 4.98 Å². The largest absolute Gasteiger partial charge is 0.489 e. The average molecular weight is 394 g/mol. The van der Waals surface area contributed by atoms with Crippen LogP contribution in [0.5, 0.6) is 5.75 Å².